The number of nitrogens with two attached hydrogens (primary N) is 1. The first-order chi connectivity index (χ1) is 11.1. The minimum absolute atomic E-state index is 0.167. The summed E-state index contributed by atoms with van der Waals surface area (Å²) in [4.78, 5) is 12.1. The molecular weight excluding hydrogens is 312 g/mol. The van der Waals surface area contributed by atoms with Gasteiger partial charge in [-0.3, -0.25) is 4.79 Å². The molecule has 0 aliphatic carbocycles. The van der Waals surface area contributed by atoms with E-state index in [1.807, 2.05) is 20.8 Å². The SMILES string of the molecule is CCO[Si](CCCNC(=O)c1ccccc1N)(OCC)OCC. The molecule has 0 saturated carbocycles. The molecule has 0 spiro atoms. The van der Waals surface area contributed by atoms with Crippen molar-refractivity contribution in [3.05, 3.63) is 29.8 Å². The van der Waals surface area contributed by atoms with Crippen LogP contribution in [-0.2, 0) is 13.3 Å². The Morgan fingerprint density at radius 1 is 1.09 bits per heavy atom. The Balaban J connectivity index is 2.50. The Morgan fingerprint density at radius 2 is 1.65 bits per heavy atom. The van der Waals surface area contributed by atoms with Gasteiger partial charge in [0.1, 0.15) is 0 Å². The van der Waals surface area contributed by atoms with Gasteiger partial charge in [-0.15, -0.1) is 0 Å². The Kier molecular flexibility index (Phi) is 8.86. The van der Waals surface area contributed by atoms with Gasteiger partial charge in [-0.1, -0.05) is 12.1 Å². The topological polar surface area (TPSA) is 82.8 Å². The van der Waals surface area contributed by atoms with Gasteiger partial charge in [-0.25, -0.2) is 0 Å². The van der Waals surface area contributed by atoms with Crippen LogP contribution in [-0.4, -0.2) is 41.1 Å². The molecule has 1 aromatic rings. The number of nitrogen functional groups attached to an aromatic ring is 1. The normalized spacial score (nSPS) is 11.4. The third-order valence-electron chi connectivity index (χ3n) is 3.24. The van der Waals surface area contributed by atoms with Crippen LogP contribution in [0.15, 0.2) is 24.3 Å². The molecule has 23 heavy (non-hydrogen) atoms. The van der Waals surface area contributed by atoms with Crippen LogP contribution in [0, 0.1) is 0 Å². The number of hydrogen-bond acceptors (Lipinski definition) is 5. The molecule has 0 fully saturated rings. The van der Waals surface area contributed by atoms with Gasteiger partial charge < -0.3 is 24.3 Å². The molecule has 0 bridgehead atoms. The number of nitrogens with one attached hydrogen (secondary N) is 1. The Bertz CT molecular complexity index is 468. The van der Waals surface area contributed by atoms with E-state index in [0.29, 0.717) is 43.7 Å². The molecule has 1 amide bonds. The van der Waals surface area contributed by atoms with Crippen LogP contribution in [0.1, 0.15) is 37.6 Å². The summed E-state index contributed by atoms with van der Waals surface area (Å²) in [6.45, 7) is 7.98. The Hall–Kier alpha value is -1.41. The summed E-state index contributed by atoms with van der Waals surface area (Å²) >= 11 is 0. The third-order valence-corrected chi connectivity index (χ3v) is 6.39. The van der Waals surface area contributed by atoms with E-state index >= 15 is 0 Å². The largest absolute Gasteiger partial charge is 0.500 e. The van der Waals surface area contributed by atoms with Crippen LogP contribution < -0.4 is 11.1 Å². The van der Waals surface area contributed by atoms with Crippen molar-refractivity contribution >= 4 is 20.4 Å². The molecular formula is C16H28N2O4Si. The fourth-order valence-electron chi connectivity index (χ4n) is 2.31. The Labute approximate surface area is 139 Å². The average Bonchev–Trinajstić information content (AvgIpc) is 2.52. The minimum Gasteiger partial charge on any atom is -0.398 e. The van der Waals surface area contributed by atoms with Crippen molar-refractivity contribution in [2.75, 3.05) is 32.1 Å². The Morgan fingerprint density at radius 3 is 2.17 bits per heavy atom. The number of para-hydroxylation sites is 1. The molecule has 3 N–H and O–H groups in total. The monoisotopic (exact) mass is 340 g/mol. The summed E-state index contributed by atoms with van der Waals surface area (Å²) in [5.74, 6) is -0.167. The molecule has 130 valence electrons. The van der Waals surface area contributed by atoms with E-state index in [2.05, 4.69) is 5.32 Å². The van der Waals surface area contributed by atoms with Crippen LogP contribution in [0.25, 0.3) is 0 Å². The maximum atomic E-state index is 12.1. The molecule has 6 nitrogen and oxygen atoms in total. The standard InChI is InChI=1S/C16H28N2O4Si/c1-4-20-23(21-5-2,22-6-3)13-9-12-18-16(19)14-10-7-8-11-15(14)17/h7-8,10-11H,4-6,9,12-13,17H2,1-3H3,(H,18,19). The highest BCUT2D eigenvalue weighted by molar-refractivity contribution is 6.60. The first-order valence-electron chi connectivity index (χ1n) is 8.13. The zero-order chi connectivity index (χ0) is 17.1. The van der Waals surface area contributed by atoms with Gasteiger partial charge in [0, 0.05) is 38.1 Å². The van der Waals surface area contributed by atoms with Crippen LogP contribution in [0.3, 0.4) is 0 Å². The van der Waals surface area contributed by atoms with Gasteiger partial charge in [-0.2, -0.15) is 0 Å². The van der Waals surface area contributed by atoms with Crippen LogP contribution in [0.5, 0.6) is 0 Å². The van der Waals surface area contributed by atoms with Crippen LogP contribution in [0.4, 0.5) is 5.69 Å². The lowest BCUT2D eigenvalue weighted by atomic mass is 10.1. The second kappa shape index (κ2) is 10.4. The summed E-state index contributed by atoms with van der Waals surface area (Å²) in [7, 11) is -2.63. The van der Waals surface area contributed by atoms with E-state index < -0.39 is 8.80 Å². The summed E-state index contributed by atoms with van der Waals surface area (Å²) in [5, 5.41) is 2.88. The lowest BCUT2D eigenvalue weighted by Crippen LogP contribution is -2.46. The van der Waals surface area contributed by atoms with Crippen molar-refractivity contribution in [1.82, 2.24) is 5.32 Å². The summed E-state index contributed by atoms with van der Waals surface area (Å²) in [5.41, 5.74) is 6.77. The average molecular weight is 340 g/mol. The first kappa shape index (κ1) is 19.6. The second-order valence-corrected chi connectivity index (χ2v) is 7.66. The fourth-order valence-corrected chi connectivity index (χ4v) is 4.92. The van der Waals surface area contributed by atoms with Crippen molar-refractivity contribution in [1.29, 1.82) is 0 Å². The van der Waals surface area contributed by atoms with E-state index in [1.165, 1.54) is 0 Å². The smallest absolute Gasteiger partial charge is 0.398 e. The summed E-state index contributed by atoms with van der Waals surface area (Å²) in [6, 6.07) is 7.70. The number of anilines is 1. The van der Waals surface area contributed by atoms with Crippen LogP contribution >= 0.6 is 0 Å². The summed E-state index contributed by atoms with van der Waals surface area (Å²) < 4.78 is 17.3. The van der Waals surface area contributed by atoms with Gasteiger partial charge >= 0.3 is 8.80 Å². The molecule has 0 aliphatic heterocycles. The lowest BCUT2D eigenvalue weighted by Gasteiger charge is -2.28. The van der Waals surface area contributed by atoms with E-state index in [4.69, 9.17) is 19.0 Å². The van der Waals surface area contributed by atoms with Gasteiger partial charge in [0.15, 0.2) is 0 Å². The molecule has 0 heterocycles. The quantitative estimate of drug-likeness (QED) is 0.367. The number of carbonyl (C=O) groups is 1. The maximum Gasteiger partial charge on any atom is 0.500 e. The number of rotatable bonds is 11. The van der Waals surface area contributed by atoms with E-state index in [9.17, 15) is 4.79 Å². The number of amides is 1. The van der Waals surface area contributed by atoms with E-state index in [1.54, 1.807) is 24.3 Å². The van der Waals surface area contributed by atoms with Crippen molar-refractivity contribution in [2.24, 2.45) is 0 Å². The van der Waals surface area contributed by atoms with Crippen molar-refractivity contribution in [3.63, 3.8) is 0 Å². The third kappa shape index (κ3) is 6.30. The zero-order valence-corrected chi connectivity index (χ0v) is 15.3. The van der Waals surface area contributed by atoms with Gasteiger partial charge in [-0.05, 0) is 39.3 Å². The minimum atomic E-state index is -2.63. The fraction of sp³-hybridized carbons (Fsp3) is 0.562. The number of carbonyl (C=O) groups excluding carboxylic acids is 1. The second-order valence-electron chi connectivity index (χ2n) is 4.93. The lowest BCUT2D eigenvalue weighted by molar-refractivity contribution is 0.0705. The number of hydrogen-bond donors (Lipinski definition) is 2. The molecule has 7 heteroatoms. The van der Waals surface area contributed by atoms with Gasteiger partial charge in [0.2, 0.25) is 0 Å². The first-order valence-corrected chi connectivity index (χ1v) is 10.1. The molecule has 1 rings (SSSR count). The number of benzene rings is 1. The highest BCUT2D eigenvalue weighted by Crippen LogP contribution is 2.18. The van der Waals surface area contributed by atoms with Gasteiger partial charge in [0.25, 0.3) is 5.91 Å². The highest BCUT2D eigenvalue weighted by atomic mass is 28.4. The molecule has 0 aliphatic rings. The maximum absolute atomic E-state index is 12.1. The van der Waals surface area contributed by atoms with Crippen molar-refractivity contribution in [3.8, 4) is 0 Å². The summed E-state index contributed by atoms with van der Waals surface area (Å²) in [6.07, 6.45) is 0.727. The molecule has 0 atom stereocenters. The molecule has 0 saturated heterocycles. The molecule has 0 unspecified atom stereocenters. The van der Waals surface area contributed by atoms with Crippen molar-refractivity contribution < 1.29 is 18.1 Å². The highest BCUT2D eigenvalue weighted by Gasteiger charge is 2.39. The predicted octanol–water partition coefficient (Wildman–Crippen LogP) is 2.44. The van der Waals surface area contributed by atoms with Gasteiger partial charge in [0.05, 0.1) is 5.56 Å². The van der Waals surface area contributed by atoms with E-state index in [0.717, 1.165) is 6.42 Å². The zero-order valence-electron chi connectivity index (χ0n) is 14.3. The van der Waals surface area contributed by atoms with E-state index in [-0.39, 0.29) is 5.91 Å². The predicted molar refractivity (Wildman–Crippen MR) is 93.2 cm³/mol. The van der Waals surface area contributed by atoms with Crippen molar-refractivity contribution in [2.45, 2.75) is 33.2 Å². The molecule has 0 aromatic heterocycles. The molecule has 0 radical (unpaired) electrons. The molecule has 1 aromatic carbocycles. The van der Waals surface area contributed by atoms with Crippen LogP contribution in [0.2, 0.25) is 6.04 Å².